The molecule has 7 heteroatoms. The first kappa shape index (κ1) is 22.9. The molecule has 0 aliphatic heterocycles. The zero-order chi connectivity index (χ0) is 20.5. The number of amides is 1. The number of aromatic nitrogens is 1. The van der Waals surface area contributed by atoms with Crippen LogP contribution in [0.3, 0.4) is 0 Å². The zero-order valence-electron chi connectivity index (χ0n) is 17.2. The smallest absolute Gasteiger partial charge is 0.407 e. The fourth-order valence-electron chi connectivity index (χ4n) is 2.19. The Morgan fingerprint density at radius 2 is 1.85 bits per heavy atom. The van der Waals surface area contributed by atoms with Crippen LogP contribution in [0.25, 0.3) is 0 Å². The molecule has 1 amide bonds. The second kappa shape index (κ2) is 10.3. The van der Waals surface area contributed by atoms with Crippen LogP contribution in [0.4, 0.5) is 4.79 Å². The fourth-order valence-corrected chi connectivity index (χ4v) is 2.19. The molecule has 0 saturated heterocycles. The minimum atomic E-state index is -0.455. The summed E-state index contributed by atoms with van der Waals surface area (Å²) in [6.45, 7) is 12.0. The summed E-state index contributed by atoms with van der Waals surface area (Å²) >= 11 is 0. The van der Waals surface area contributed by atoms with Crippen LogP contribution in [0.2, 0.25) is 0 Å². The van der Waals surface area contributed by atoms with Crippen LogP contribution in [-0.2, 0) is 14.2 Å². The molecule has 0 aromatic carbocycles. The lowest BCUT2D eigenvalue weighted by Gasteiger charge is -2.30. The molecule has 0 aliphatic carbocycles. The molecule has 7 nitrogen and oxygen atoms in total. The first-order chi connectivity index (χ1) is 12.5. The van der Waals surface area contributed by atoms with Gasteiger partial charge in [-0.15, -0.1) is 0 Å². The van der Waals surface area contributed by atoms with Crippen molar-refractivity contribution in [3.8, 4) is 0 Å². The van der Waals surface area contributed by atoms with E-state index >= 15 is 0 Å². The Morgan fingerprint density at radius 3 is 2.44 bits per heavy atom. The van der Waals surface area contributed by atoms with E-state index in [0.29, 0.717) is 25.0 Å². The molecular weight excluding hydrogens is 348 g/mol. The van der Waals surface area contributed by atoms with Crippen LogP contribution < -0.4 is 5.32 Å². The zero-order valence-corrected chi connectivity index (χ0v) is 17.2. The Labute approximate surface area is 161 Å². The maximum atomic E-state index is 11.9. The average molecular weight is 380 g/mol. The number of carbonyl (C=O) groups is 2. The second-order valence-electron chi connectivity index (χ2n) is 7.95. The number of nitrogens with zero attached hydrogens (tertiary/aromatic N) is 1. The highest BCUT2D eigenvalue weighted by atomic mass is 16.6. The van der Waals surface area contributed by atoms with Gasteiger partial charge in [-0.05, 0) is 60.1 Å². The number of alkyl carbamates (subject to hydrolysis) is 1. The highest BCUT2D eigenvalue weighted by molar-refractivity contribution is 5.88. The van der Waals surface area contributed by atoms with E-state index in [2.05, 4.69) is 10.3 Å². The van der Waals surface area contributed by atoms with Crippen LogP contribution in [0.1, 0.15) is 64.7 Å². The molecule has 1 aromatic rings. The van der Waals surface area contributed by atoms with Gasteiger partial charge >= 0.3 is 12.1 Å². The summed E-state index contributed by atoms with van der Waals surface area (Å²) in [6, 6.07) is 3.35. The van der Waals surface area contributed by atoms with E-state index in [1.165, 1.54) is 6.20 Å². The highest BCUT2D eigenvalue weighted by Crippen LogP contribution is 2.18. The highest BCUT2D eigenvalue weighted by Gasteiger charge is 2.25. The SMILES string of the molecule is CC(C)OC(=O)NC(C)(C)CCOC(C)(C)CCOC(=O)c1cccnc1. The lowest BCUT2D eigenvalue weighted by Crippen LogP contribution is -2.45. The second-order valence-corrected chi connectivity index (χ2v) is 7.95. The maximum absolute atomic E-state index is 11.9. The van der Waals surface area contributed by atoms with Crippen molar-refractivity contribution >= 4 is 12.1 Å². The largest absolute Gasteiger partial charge is 0.462 e. The van der Waals surface area contributed by atoms with E-state index in [0.717, 1.165) is 0 Å². The number of hydrogen-bond acceptors (Lipinski definition) is 6. The number of ether oxygens (including phenoxy) is 3. The Balaban J connectivity index is 2.31. The average Bonchev–Trinajstić information content (AvgIpc) is 2.53. The quantitative estimate of drug-likeness (QED) is 0.623. The van der Waals surface area contributed by atoms with Crippen molar-refractivity contribution in [2.45, 2.75) is 71.6 Å². The van der Waals surface area contributed by atoms with Gasteiger partial charge in [0.15, 0.2) is 0 Å². The van der Waals surface area contributed by atoms with Crippen molar-refractivity contribution in [2.24, 2.45) is 0 Å². The standard InChI is InChI=1S/C20H32N2O5/c1-15(2)27-18(24)22-19(3,4)9-13-26-20(5,6)10-12-25-17(23)16-8-7-11-21-14-16/h7-8,11,14-15H,9-10,12-13H2,1-6H3,(H,22,24). The molecular formula is C20H32N2O5. The molecule has 0 saturated carbocycles. The molecule has 1 heterocycles. The fraction of sp³-hybridized carbons (Fsp3) is 0.650. The molecule has 27 heavy (non-hydrogen) atoms. The molecule has 0 spiro atoms. The first-order valence-electron chi connectivity index (χ1n) is 9.21. The lowest BCUT2D eigenvalue weighted by molar-refractivity contribution is -0.0421. The molecule has 1 rings (SSSR count). The van der Waals surface area contributed by atoms with Gasteiger partial charge in [0.05, 0.1) is 23.9 Å². The first-order valence-corrected chi connectivity index (χ1v) is 9.21. The molecule has 1 aromatic heterocycles. The van der Waals surface area contributed by atoms with Gasteiger partial charge in [0.1, 0.15) is 0 Å². The predicted molar refractivity (Wildman–Crippen MR) is 103 cm³/mol. The number of esters is 1. The van der Waals surface area contributed by atoms with Gasteiger partial charge < -0.3 is 19.5 Å². The van der Waals surface area contributed by atoms with Gasteiger partial charge in [0, 0.05) is 31.0 Å². The molecule has 0 bridgehead atoms. The minimum absolute atomic E-state index is 0.162. The number of rotatable bonds is 10. The summed E-state index contributed by atoms with van der Waals surface area (Å²) in [4.78, 5) is 27.5. The van der Waals surface area contributed by atoms with Gasteiger partial charge in [0.2, 0.25) is 0 Å². The van der Waals surface area contributed by atoms with Crippen molar-refractivity contribution in [2.75, 3.05) is 13.2 Å². The minimum Gasteiger partial charge on any atom is -0.462 e. The molecule has 0 aliphatic rings. The number of pyridine rings is 1. The normalized spacial score (nSPS) is 12.0. The summed E-state index contributed by atoms with van der Waals surface area (Å²) in [6.07, 6.45) is 3.67. The van der Waals surface area contributed by atoms with E-state index in [1.54, 1.807) is 32.2 Å². The van der Waals surface area contributed by atoms with Crippen molar-refractivity contribution in [3.63, 3.8) is 0 Å². The Hall–Kier alpha value is -2.15. The van der Waals surface area contributed by atoms with Crippen LogP contribution in [0, 0.1) is 0 Å². The van der Waals surface area contributed by atoms with Crippen LogP contribution in [-0.4, -0.2) is 47.5 Å². The number of hydrogen-bond donors (Lipinski definition) is 1. The lowest BCUT2D eigenvalue weighted by atomic mass is 10.0. The Bertz CT molecular complexity index is 600. The third-order valence-corrected chi connectivity index (χ3v) is 3.84. The number of carbonyl (C=O) groups excluding carboxylic acids is 2. The van der Waals surface area contributed by atoms with Gasteiger partial charge in [-0.3, -0.25) is 4.98 Å². The van der Waals surface area contributed by atoms with Crippen LogP contribution in [0.15, 0.2) is 24.5 Å². The van der Waals surface area contributed by atoms with E-state index < -0.39 is 23.2 Å². The van der Waals surface area contributed by atoms with Crippen molar-refractivity contribution < 1.29 is 23.8 Å². The third kappa shape index (κ3) is 9.94. The van der Waals surface area contributed by atoms with Crippen molar-refractivity contribution in [3.05, 3.63) is 30.1 Å². The Morgan fingerprint density at radius 1 is 1.15 bits per heavy atom. The topological polar surface area (TPSA) is 86.8 Å². The molecule has 0 atom stereocenters. The summed E-state index contributed by atoms with van der Waals surface area (Å²) in [5.41, 5.74) is -0.476. The van der Waals surface area contributed by atoms with Crippen LogP contribution >= 0.6 is 0 Å². The van der Waals surface area contributed by atoms with E-state index in [4.69, 9.17) is 14.2 Å². The Kier molecular flexibility index (Phi) is 8.69. The van der Waals surface area contributed by atoms with E-state index in [1.807, 2.05) is 27.7 Å². The van der Waals surface area contributed by atoms with E-state index in [9.17, 15) is 9.59 Å². The van der Waals surface area contributed by atoms with Crippen molar-refractivity contribution in [1.82, 2.24) is 10.3 Å². The summed E-state index contributed by atoms with van der Waals surface area (Å²) in [7, 11) is 0. The monoisotopic (exact) mass is 380 g/mol. The molecule has 0 radical (unpaired) electrons. The molecule has 1 N–H and O–H groups in total. The summed E-state index contributed by atoms with van der Waals surface area (Å²) < 4.78 is 16.3. The van der Waals surface area contributed by atoms with Gasteiger partial charge in [-0.1, -0.05) is 0 Å². The molecule has 152 valence electrons. The molecule has 0 unspecified atom stereocenters. The van der Waals surface area contributed by atoms with E-state index in [-0.39, 0.29) is 12.7 Å². The summed E-state index contributed by atoms with van der Waals surface area (Å²) in [5.74, 6) is -0.395. The summed E-state index contributed by atoms with van der Waals surface area (Å²) in [5, 5.41) is 2.83. The van der Waals surface area contributed by atoms with Gasteiger partial charge in [-0.25, -0.2) is 9.59 Å². The van der Waals surface area contributed by atoms with Crippen molar-refractivity contribution in [1.29, 1.82) is 0 Å². The van der Waals surface area contributed by atoms with Gasteiger partial charge in [0.25, 0.3) is 0 Å². The van der Waals surface area contributed by atoms with Gasteiger partial charge in [-0.2, -0.15) is 0 Å². The number of nitrogens with one attached hydrogen (secondary N) is 1. The third-order valence-electron chi connectivity index (χ3n) is 3.84. The predicted octanol–water partition coefficient (Wildman–Crippen LogP) is 3.73. The maximum Gasteiger partial charge on any atom is 0.407 e. The van der Waals surface area contributed by atoms with Crippen LogP contribution in [0.5, 0.6) is 0 Å². The molecule has 0 fully saturated rings.